The second kappa shape index (κ2) is 6.62. The molecule has 0 saturated carbocycles. The van der Waals surface area contributed by atoms with Crippen LogP contribution in [-0.2, 0) is 22.9 Å². The van der Waals surface area contributed by atoms with Crippen molar-refractivity contribution in [1.29, 1.82) is 0 Å². The Bertz CT molecular complexity index is 362. The average Bonchev–Trinajstić information content (AvgIpc) is 2.20. The first kappa shape index (κ1) is 12.2. The number of hydrogen-bond donors (Lipinski definition) is 1. The number of aryl methyl sites for hydroxylation is 1. The third-order valence-electron chi connectivity index (χ3n) is 2.32. The molecule has 0 saturated heterocycles. The van der Waals surface area contributed by atoms with E-state index < -0.39 is 10.7 Å². The van der Waals surface area contributed by atoms with Gasteiger partial charge in [0.1, 0.15) is 10.7 Å². The van der Waals surface area contributed by atoms with Crippen LogP contribution >= 0.6 is 0 Å². The molecule has 83 valence electrons. The number of rotatable bonds is 6. The van der Waals surface area contributed by atoms with E-state index in [9.17, 15) is 8.42 Å². The average molecular weight is 225 g/mol. The summed E-state index contributed by atoms with van der Waals surface area (Å²) in [7, 11) is -2.32. The lowest BCUT2D eigenvalue weighted by Crippen LogP contribution is -1.95. The highest BCUT2D eigenvalue weighted by atomic mass is 32.2. The van der Waals surface area contributed by atoms with Gasteiger partial charge in [-0.2, -0.15) is 0 Å². The van der Waals surface area contributed by atoms with Crippen LogP contribution in [0.3, 0.4) is 0 Å². The lowest BCUT2D eigenvalue weighted by molar-refractivity contribution is 0.613. The smallest absolute Gasteiger partial charge is 0.144 e. The third kappa shape index (κ3) is 4.47. The molecule has 0 aromatic heterocycles. The normalized spacial score (nSPS) is 10.8. The Morgan fingerprint density at radius 2 is 1.87 bits per heavy atom. The van der Waals surface area contributed by atoms with Gasteiger partial charge in [0, 0.05) is 0 Å². The summed E-state index contributed by atoms with van der Waals surface area (Å²) in [5.41, 5.74) is 2.10. The largest absolute Gasteiger partial charge is 0.232 e. The van der Waals surface area contributed by atoms with Crippen LogP contribution < -0.4 is 0 Å². The second-order valence-electron chi connectivity index (χ2n) is 3.50. The van der Waals surface area contributed by atoms with Crippen molar-refractivity contribution in [2.75, 3.05) is 0 Å². The fraction of sp³-hybridized carbons (Fsp3) is 0.417. The SMILES string of the molecule is CC[CH]CCc1ccccc1C[SH](=O)=O. The fourth-order valence-electron chi connectivity index (χ4n) is 1.56. The first-order valence-electron chi connectivity index (χ1n) is 5.24. The summed E-state index contributed by atoms with van der Waals surface area (Å²) in [4.78, 5) is 0. The first-order valence-corrected chi connectivity index (χ1v) is 6.60. The van der Waals surface area contributed by atoms with Crippen molar-refractivity contribution >= 4 is 10.7 Å². The van der Waals surface area contributed by atoms with Gasteiger partial charge < -0.3 is 0 Å². The maximum atomic E-state index is 10.7. The molecular weight excluding hydrogens is 208 g/mol. The monoisotopic (exact) mass is 225 g/mol. The molecular formula is C12H17O2S. The van der Waals surface area contributed by atoms with Crippen LogP contribution in [-0.4, -0.2) is 8.42 Å². The summed E-state index contributed by atoms with van der Waals surface area (Å²) in [6.07, 6.45) is 5.24. The Balaban J connectivity index is 2.68. The van der Waals surface area contributed by atoms with Crippen LogP contribution in [0, 0.1) is 6.42 Å². The van der Waals surface area contributed by atoms with E-state index in [1.165, 1.54) is 0 Å². The highest BCUT2D eigenvalue weighted by molar-refractivity contribution is 7.71. The minimum atomic E-state index is -2.32. The Kier molecular flexibility index (Phi) is 5.40. The molecule has 1 aromatic rings. The summed E-state index contributed by atoms with van der Waals surface area (Å²) in [6.45, 7) is 2.11. The number of unbranched alkanes of at least 4 members (excludes halogenated alkanes) is 2. The fourth-order valence-corrected chi connectivity index (χ4v) is 2.14. The van der Waals surface area contributed by atoms with Crippen molar-refractivity contribution in [2.45, 2.75) is 31.9 Å². The topological polar surface area (TPSA) is 34.1 Å². The van der Waals surface area contributed by atoms with Gasteiger partial charge in [0.2, 0.25) is 0 Å². The van der Waals surface area contributed by atoms with E-state index in [1.807, 2.05) is 24.3 Å². The second-order valence-corrected chi connectivity index (χ2v) is 4.48. The van der Waals surface area contributed by atoms with E-state index in [0.717, 1.165) is 30.4 Å². The molecule has 0 amide bonds. The Morgan fingerprint density at radius 1 is 1.20 bits per heavy atom. The summed E-state index contributed by atoms with van der Waals surface area (Å²) < 4.78 is 21.4. The third-order valence-corrected chi connectivity index (χ3v) is 2.92. The molecule has 0 heterocycles. The molecule has 0 atom stereocenters. The standard InChI is InChI=1S/C12H17O2S/c1-2-3-4-7-11-8-5-6-9-12(11)10-15(13)14/h3,5-6,8-9,15H,2,4,7,10H2,1H3. The molecule has 0 aliphatic rings. The number of hydrogen-bond acceptors (Lipinski definition) is 2. The van der Waals surface area contributed by atoms with Crippen molar-refractivity contribution in [3.8, 4) is 0 Å². The van der Waals surface area contributed by atoms with Crippen molar-refractivity contribution in [3.05, 3.63) is 41.8 Å². The van der Waals surface area contributed by atoms with E-state index in [2.05, 4.69) is 13.3 Å². The zero-order chi connectivity index (χ0) is 11.1. The molecule has 0 N–H and O–H groups in total. The van der Waals surface area contributed by atoms with Crippen molar-refractivity contribution in [1.82, 2.24) is 0 Å². The Hall–Kier alpha value is -0.830. The van der Waals surface area contributed by atoms with Gasteiger partial charge in [-0.1, -0.05) is 37.6 Å². The highest BCUT2D eigenvalue weighted by Gasteiger charge is 2.02. The number of benzene rings is 1. The molecule has 1 radical (unpaired) electrons. The van der Waals surface area contributed by atoms with Crippen LogP contribution in [0.15, 0.2) is 24.3 Å². The summed E-state index contributed by atoms with van der Waals surface area (Å²) in [6, 6.07) is 7.76. The van der Waals surface area contributed by atoms with E-state index in [0.29, 0.717) is 0 Å². The molecule has 0 bridgehead atoms. The quantitative estimate of drug-likeness (QED) is 0.595. The summed E-state index contributed by atoms with van der Waals surface area (Å²) >= 11 is 0. The predicted molar refractivity (Wildman–Crippen MR) is 63.4 cm³/mol. The van der Waals surface area contributed by atoms with Crippen molar-refractivity contribution < 1.29 is 8.42 Å². The van der Waals surface area contributed by atoms with Crippen molar-refractivity contribution in [3.63, 3.8) is 0 Å². The van der Waals surface area contributed by atoms with E-state index in [4.69, 9.17) is 0 Å². The molecule has 0 aliphatic heterocycles. The first-order chi connectivity index (χ1) is 7.24. The molecule has 0 aliphatic carbocycles. The zero-order valence-corrected chi connectivity index (χ0v) is 9.87. The molecule has 1 rings (SSSR count). The van der Waals surface area contributed by atoms with Crippen LogP contribution in [0.25, 0.3) is 0 Å². The minimum Gasteiger partial charge on any atom is -0.232 e. The lowest BCUT2D eigenvalue weighted by Gasteiger charge is -2.05. The molecule has 2 nitrogen and oxygen atoms in total. The van der Waals surface area contributed by atoms with Gasteiger partial charge >= 0.3 is 0 Å². The molecule has 0 fully saturated rings. The van der Waals surface area contributed by atoms with Crippen LogP contribution in [0.5, 0.6) is 0 Å². The van der Waals surface area contributed by atoms with E-state index in [-0.39, 0.29) is 5.75 Å². The van der Waals surface area contributed by atoms with Gasteiger partial charge in [0.05, 0.1) is 5.75 Å². The predicted octanol–water partition coefficient (Wildman–Crippen LogP) is 2.34. The molecule has 0 spiro atoms. The van der Waals surface area contributed by atoms with E-state index >= 15 is 0 Å². The van der Waals surface area contributed by atoms with Crippen LogP contribution in [0.1, 0.15) is 30.9 Å². The molecule has 1 aromatic carbocycles. The Labute approximate surface area is 93.3 Å². The van der Waals surface area contributed by atoms with Gasteiger partial charge in [-0.05, 0) is 30.4 Å². The molecule has 3 heteroatoms. The van der Waals surface area contributed by atoms with Gasteiger partial charge in [0.25, 0.3) is 0 Å². The van der Waals surface area contributed by atoms with Crippen LogP contribution in [0.4, 0.5) is 0 Å². The van der Waals surface area contributed by atoms with Gasteiger partial charge in [-0.25, -0.2) is 8.42 Å². The number of thiol groups is 1. The van der Waals surface area contributed by atoms with E-state index in [1.54, 1.807) is 0 Å². The van der Waals surface area contributed by atoms with Gasteiger partial charge in [0.15, 0.2) is 0 Å². The summed E-state index contributed by atoms with van der Waals surface area (Å²) in [5, 5.41) is 0. The molecule has 15 heavy (non-hydrogen) atoms. The van der Waals surface area contributed by atoms with Crippen LogP contribution in [0.2, 0.25) is 0 Å². The van der Waals surface area contributed by atoms with Gasteiger partial charge in [-0.3, -0.25) is 0 Å². The maximum absolute atomic E-state index is 10.7. The maximum Gasteiger partial charge on any atom is 0.144 e. The Morgan fingerprint density at radius 3 is 2.47 bits per heavy atom. The minimum absolute atomic E-state index is 0.164. The highest BCUT2D eigenvalue weighted by Crippen LogP contribution is 2.13. The molecule has 0 unspecified atom stereocenters. The summed E-state index contributed by atoms with van der Waals surface area (Å²) in [5.74, 6) is 0.164. The zero-order valence-electron chi connectivity index (χ0n) is 8.98. The van der Waals surface area contributed by atoms with Crippen molar-refractivity contribution in [2.24, 2.45) is 0 Å². The van der Waals surface area contributed by atoms with Gasteiger partial charge in [-0.15, -0.1) is 0 Å². The lowest BCUT2D eigenvalue weighted by atomic mass is 10.0.